The second kappa shape index (κ2) is 6.96. The molecule has 4 nitrogen and oxygen atoms in total. The number of ether oxygens (including phenoxy) is 1. The van der Waals surface area contributed by atoms with Crippen molar-refractivity contribution in [2.45, 2.75) is 23.3 Å². The summed E-state index contributed by atoms with van der Waals surface area (Å²) in [5.74, 6) is 0. The quantitative estimate of drug-likeness (QED) is 0.638. The third-order valence-corrected chi connectivity index (χ3v) is 4.82. The van der Waals surface area contributed by atoms with Gasteiger partial charge in [-0.1, -0.05) is 18.3 Å². The molecule has 1 saturated heterocycles. The molecule has 6 heteroatoms. The summed E-state index contributed by atoms with van der Waals surface area (Å²) in [5.41, 5.74) is 7.05. The van der Waals surface area contributed by atoms with Crippen LogP contribution in [-0.2, 0) is 4.74 Å². The Kier molecular flexibility index (Phi) is 5.48. The molecule has 0 aliphatic carbocycles. The molecule has 1 aliphatic rings. The molecule has 21 heavy (non-hydrogen) atoms. The first-order chi connectivity index (χ1) is 9.97. The number of thiocarbonyl (C=S) groups is 1. The van der Waals surface area contributed by atoms with Crippen molar-refractivity contribution in [1.29, 1.82) is 0 Å². The first-order valence-electron chi connectivity index (χ1n) is 6.95. The Bertz CT molecular complexity index is 516. The molecule has 0 unspecified atom stereocenters. The maximum Gasteiger partial charge on any atom is 0.107 e. The molecule has 116 valence electrons. The van der Waals surface area contributed by atoms with Gasteiger partial charge in [-0.2, -0.15) is 0 Å². The van der Waals surface area contributed by atoms with Crippen molar-refractivity contribution in [1.82, 2.24) is 0 Å². The van der Waals surface area contributed by atoms with Gasteiger partial charge in [0.15, 0.2) is 0 Å². The SMILES string of the molecule is CSc1cccc(N(C)CC2(O)CCOCC2)c1C(N)=S. The number of benzene rings is 1. The van der Waals surface area contributed by atoms with E-state index in [0.29, 0.717) is 37.6 Å². The third-order valence-electron chi connectivity index (χ3n) is 3.84. The lowest BCUT2D eigenvalue weighted by atomic mass is 9.93. The predicted octanol–water partition coefficient (Wildman–Crippen LogP) is 2.02. The highest BCUT2D eigenvalue weighted by molar-refractivity contribution is 7.98. The van der Waals surface area contributed by atoms with Crippen LogP contribution >= 0.6 is 24.0 Å². The van der Waals surface area contributed by atoms with E-state index in [9.17, 15) is 5.11 Å². The van der Waals surface area contributed by atoms with Crippen LogP contribution in [0, 0.1) is 0 Å². The van der Waals surface area contributed by atoms with E-state index in [-0.39, 0.29) is 0 Å². The lowest BCUT2D eigenvalue weighted by Crippen LogP contribution is -2.46. The van der Waals surface area contributed by atoms with E-state index in [0.717, 1.165) is 16.1 Å². The second-order valence-corrected chi connectivity index (χ2v) is 6.70. The van der Waals surface area contributed by atoms with Crippen LogP contribution in [0.25, 0.3) is 0 Å². The first-order valence-corrected chi connectivity index (χ1v) is 8.58. The maximum absolute atomic E-state index is 10.7. The van der Waals surface area contributed by atoms with Gasteiger partial charge < -0.3 is 20.5 Å². The standard InChI is InChI=1S/C15H22N2O2S2/c1-17(10-15(18)6-8-19-9-7-15)11-4-3-5-12(21-2)13(11)14(16)20/h3-5,18H,6-10H2,1-2H3,(H2,16,20). The lowest BCUT2D eigenvalue weighted by Gasteiger charge is -2.37. The summed E-state index contributed by atoms with van der Waals surface area (Å²) < 4.78 is 5.33. The fourth-order valence-electron chi connectivity index (χ4n) is 2.69. The average molecular weight is 326 g/mol. The fourth-order valence-corrected chi connectivity index (χ4v) is 3.60. The van der Waals surface area contributed by atoms with Crippen molar-refractivity contribution in [2.24, 2.45) is 5.73 Å². The van der Waals surface area contributed by atoms with Gasteiger partial charge >= 0.3 is 0 Å². The molecule has 0 spiro atoms. The van der Waals surface area contributed by atoms with Crippen molar-refractivity contribution in [3.05, 3.63) is 23.8 Å². The van der Waals surface area contributed by atoms with Crippen LogP contribution in [0.5, 0.6) is 0 Å². The number of hydrogen-bond donors (Lipinski definition) is 2. The molecule has 0 radical (unpaired) electrons. The molecule has 1 heterocycles. The number of thioether (sulfide) groups is 1. The molecule has 3 N–H and O–H groups in total. The van der Waals surface area contributed by atoms with Gasteiger partial charge in [0.2, 0.25) is 0 Å². The van der Waals surface area contributed by atoms with Crippen LogP contribution in [0.15, 0.2) is 23.1 Å². The summed E-state index contributed by atoms with van der Waals surface area (Å²) in [6.45, 7) is 1.76. The van der Waals surface area contributed by atoms with Crippen molar-refractivity contribution >= 4 is 34.7 Å². The van der Waals surface area contributed by atoms with Crippen molar-refractivity contribution in [3.63, 3.8) is 0 Å². The Balaban J connectivity index is 2.26. The predicted molar refractivity (Wildman–Crippen MR) is 92.4 cm³/mol. The Labute approximate surface area is 135 Å². The van der Waals surface area contributed by atoms with E-state index >= 15 is 0 Å². The zero-order valence-corrected chi connectivity index (χ0v) is 14.1. The molecule has 1 aliphatic heterocycles. The zero-order chi connectivity index (χ0) is 15.5. The molecule has 0 saturated carbocycles. The molecule has 0 amide bonds. The molecule has 0 bridgehead atoms. The number of likely N-dealkylation sites (N-methyl/N-ethyl adjacent to an activating group) is 1. The first kappa shape index (κ1) is 16.5. The molecule has 0 atom stereocenters. The Hall–Kier alpha value is -0.820. The average Bonchev–Trinajstić information content (AvgIpc) is 2.46. The summed E-state index contributed by atoms with van der Waals surface area (Å²) in [7, 11) is 1.97. The van der Waals surface area contributed by atoms with Gasteiger partial charge in [0.05, 0.1) is 5.60 Å². The summed E-state index contributed by atoms with van der Waals surface area (Å²) in [6.07, 6.45) is 3.32. The number of anilines is 1. The van der Waals surface area contributed by atoms with E-state index < -0.39 is 5.60 Å². The van der Waals surface area contributed by atoms with E-state index in [1.165, 1.54) is 0 Å². The van der Waals surface area contributed by atoms with Crippen molar-refractivity contribution in [2.75, 3.05) is 38.0 Å². The lowest BCUT2D eigenvalue weighted by molar-refractivity contribution is -0.0572. The van der Waals surface area contributed by atoms with Gasteiger partial charge in [-0.3, -0.25) is 0 Å². The van der Waals surface area contributed by atoms with Gasteiger partial charge in [-0.25, -0.2) is 0 Å². The highest BCUT2D eigenvalue weighted by Crippen LogP contribution is 2.31. The van der Waals surface area contributed by atoms with Gasteiger partial charge in [-0.15, -0.1) is 11.8 Å². The maximum atomic E-state index is 10.7. The number of hydrogen-bond acceptors (Lipinski definition) is 5. The van der Waals surface area contributed by atoms with Crippen LogP contribution in [0.3, 0.4) is 0 Å². The largest absolute Gasteiger partial charge is 0.389 e. The van der Waals surface area contributed by atoms with Gasteiger partial charge in [0, 0.05) is 55.8 Å². The number of nitrogens with two attached hydrogens (primary N) is 1. The molecule has 2 rings (SSSR count). The minimum Gasteiger partial charge on any atom is -0.389 e. The minimum atomic E-state index is -0.712. The van der Waals surface area contributed by atoms with Crippen LogP contribution in [-0.4, -0.2) is 48.8 Å². The molecule has 1 aromatic rings. The Morgan fingerprint density at radius 1 is 1.48 bits per heavy atom. The highest BCUT2D eigenvalue weighted by atomic mass is 32.2. The minimum absolute atomic E-state index is 0.390. The zero-order valence-electron chi connectivity index (χ0n) is 12.5. The number of aliphatic hydroxyl groups is 1. The monoisotopic (exact) mass is 326 g/mol. The summed E-state index contributed by atoms with van der Waals surface area (Å²) in [6, 6.07) is 6.00. The van der Waals surface area contributed by atoms with Crippen LogP contribution in [0.1, 0.15) is 18.4 Å². The number of rotatable bonds is 5. The second-order valence-electron chi connectivity index (χ2n) is 5.41. The number of nitrogens with zero attached hydrogens (tertiary/aromatic N) is 1. The summed E-state index contributed by atoms with van der Waals surface area (Å²) in [5, 5.41) is 10.7. The van der Waals surface area contributed by atoms with Gasteiger partial charge in [-0.05, 0) is 18.4 Å². The Morgan fingerprint density at radius 2 is 2.14 bits per heavy atom. The van der Waals surface area contributed by atoms with Gasteiger partial charge in [0.25, 0.3) is 0 Å². The van der Waals surface area contributed by atoms with Crippen LogP contribution in [0.2, 0.25) is 0 Å². The topological polar surface area (TPSA) is 58.7 Å². The molecular weight excluding hydrogens is 304 g/mol. The van der Waals surface area contributed by atoms with Gasteiger partial charge in [0.1, 0.15) is 4.99 Å². The molecular formula is C15H22N2O2S2. The van der Waals surface area contributed by atoms with E-state index in [4.69, 9.17) is 22.7 Å². The normalized spacial score (nSPS) is 17.5. The summed E-state index contributed by atoms with van der Waals surface area (Å²) in [4.78, 5) is 3.49. The van der Waals surface area contributed by atoms with Crippen LogP contribution < -0.4 is 10.6 Å². The fraction of sp³-hybridized carbons (Fsp3) is 0.533. The van der Waals surface area contributed by atoms with Crippen molar-refractivity contribution < 1.29 is 9.84 Å². The molecule has 0 aromatic heterocycles. The van der Waals surface area contributed by atoms with E-state index in [1.54, 1.807) is 11.8 Å². The Morgan fingerprint density at radius 3 is 2.71 bits per heavy atom. The smallest absolute Gasteiger partial charge is 0.107 e. The third kappa shape index (κ3) is 3.88. The summed E-state index contributed by atoms with van der Waals surface area (Å²) >= 11 is 6.83. The van der Waals surface area contributed by atoms with E-state index in [2.05, 4.69) is 0 Å². The van der Waals surface area contributed by atoms with Crippen molar-refractivity contribution in [3.8, 4) is 0 Å². The highest BCUT2D eigenvalue weighted by Gasteiger charge is 2.31. The van der Waals surface area contributed by atoms with E-state index in [1.807, 2.05) is 36.4 Å². The molecule has 1 aromatic carbocycles. The van der Waals surface area contributed by atoms with Crippen LogP contribution in [0.4, 0.5) is 5.69 Å². The molecule has 1 fully saturated rings.